The van der Waals surface area contributed by atoms with Gasteiger partial charge in [-0.2, -0.15) is 0 Å². The Kier molecular flexibility index (Phi) is 6.97. The lowest BCUT2D eigenvalue weighted by atomic mass is 9.42. The molecule has 5 aliphatic rings. The first-order valence-corrected chi connectivity index (χ1v) is 15.4. The minimum absolute atomic E-state index is 0.0229. The Labute approximate surface area is 235 Å². The maximum Gasteiger partial charge on any atom is 0.335 e. The topological polar surface area (TPSA) is 127 Å². The van der Waals surface area contributed by atoms with Crippen molar-refractivity contribution in [2.45, 2.75) is 133 Å². The molecule has 6 rings (SSSR count). The first-order chi connectivity index (χ1) is 19.0. The second kappa shape index (κ2) is 9.97. The van der Waals surface area contributed by atoms with E-state index in [9.17, 15) is 19.5 Å². The van der Waals surface area contributed by atoms with Crippen molar-refractivity contribution in [3.05, 3.63) is 34.4 Å². The Bertz CT molecular complexity index is 1190. The molecule has 8 nitrogen and oxygen atoms in total. The molecule has 0 aromatic carbocycles. The van der Waals surface area contributed by atoms with E-state index >= 15 is 0 Å². The molecule has 0 radical (unpaired) electrons. The van der Waals surface area contributed by atoms with Gasteiger partial charge in [-0.1, -0.05) is 26.7 Å². The second-order valence-electron chi connectivity index (χ2n) is 13.9. The van der Waals surface area contributed by atoms with E-state index in [4.69, 9.17) is 19.0 Å². The number of hydrogen-bond donors (Lipinski definition) is 2. The second-order valence-corrected chi connectivity index (χ2v) is 13.9. The van der Waals surface area contributed by atoms with Gasteiger partial charge in [-0.25, -0.2) is 4.79 Å². The fourth-order valence-corrected chi connectivity index (χ4v) is 9.96. The van der Waals surface area contributed by atoms with E-state index in [1.165, 1.54) is 6.07 Å². The molecule has 1 saturated heterocycles. The van der Waals surface area contributed by atoms with Crippen LogP contribution >= 0.6 is 0 Å². The highest BCUT2D eigenvalue weighted by Crippen LogP contribution is 2.78. The van der Waals surface area contributed by atoms with Crippen LogP contribution in [-0.4, -0.2) is 45.6 Å². The summed E-state index contributed by atoms with van der Waals surface area (Å²) in [5.74, 6) is 0.0662. The Morgan fingerprint density at radius 1 is 0.975 bits per heavy atom. The number of carbonyl (C=O) groups is 2. The lowest BCUT2D eigenvalue weighted by Gasteiger charge is -2.64. The third kappa shape index (κ3) is 4.27. The Balaban J connectivity index is 1.09. The molecule has 4 aliphatic carbocycles. The number of aliphatic hydroxyl groups is 1. The average Bonchev–Trinajstić information content (AvgIpc) is 3.56. The average molecular weight is 557 g/mol. The summed E-state index contributed by atoms with van der Waals surface area (Å²) in [5.41, 5.74) is -0.520. The van der Waals surface area contributed by atoms with E-state index in [2.05, 4.69) is 13.8 Å². The number of carbonyl (C=O) groups excluding carboxylic acids is 1. The van der Waals surface area contributed by atoms with Gasteiger partial charge in [0.05, 0.1) is 18.0 Å². The van der Waals surface area contributed by atoms with E-state index < -0.39 is 11.6 Å². The highest BCUT2D eigenvalue weighted by Gasteiger charge is 2.81. The van der Waals surface area contributed by atoms with E-state index in [0.29, 0.717) is 49.9 Å². The van der Waals surface area contributed by atoms with E-state index in [1.54, 1.807) is 6.26 Å². The maximum absolute atomic E-state index is 12.6. The van der Waals surface area contributed by atoms with Gasteiger partial charge in [-0.3, -0.25) is 9.59 Å². The number of epoxide rings is 1. The largest absolute Gasteiger partial charge is 0.481 e. The number of unbranched alkanes of at least 4 members (excludes halogenated alkanes) is 3. The fraction of sp³-hybridized carbons (Fsp3) is 0.781. The van der Waals surface area contributed by atoms with E-state index in [-0.39, 0.29) is 46.7 Å². The van der Waals surface area contributed by atoms with Crippen LogP contribution in [0, 0.1) is 22.7 Å². The Morgan fingerprint density at radius 3 is 2.42 bits per heavy atom. The smallest absolute Gasteiger partial charge is 0.335 e. The minimum atomic E-state index is -0.857. The molecule has 220 valence electrons. The lowest BCUT2D eigenvalue weighted by molar-refractivity contribution is -0.227. The highest BCUT2D eigenvalue weighted by atomic mass is 16.6. The van der Waals surface area contributed by atoms with Gasteiger partial charge in [0.15, 0.2) is 0 Å². The predicted molar refractivity (Wildman–Crippen MR) is 146 cm³/mol. The monoisotopic (exact) mass is 556 g/mol. The molecule has 9 atom stereocenters. The van der Waals surface area contributed by atoms with Crippen LogP contribution in [-0.2, 0) is 19.1 Å². The summed E-state index contributed by atoms with van der Waals surface area (Å²) < 4.78 is 17.7. The fourth-order valence-electron chi connectivity index (χ4n) is 9.96. The van der Waals surface area contributed by atoms with Crippen LogP contribution in [0.5, 0.6) is 0 Å². The van der Waals surface area contributed by atoms with Crippen LogP contribution in [0.15, 0.2) is 27.6 Å². The standard InChI is InChI=1S/C32H44O8/c1-29-14-11-21(39-28(36)8-6-4-3-5-7-26(33)34)18-31(29,37)16-13-23-22(29)12-15-30(2)24(17-25-32(23,30)40-25)20-9-10-27(35)38-19-20/h9-10,19,21-25,37H,3-8,11-18H2,1-2H3,(H,33,34)/t21-,22-,23+,24+,25+,29+,30+,31-,32+/m0/s1. The minimum Gasteiger partial charge on any atom is -0.481 e. The summed E-state index contributed by atoms with van der Waals surface area (Å²) in [6.45, 7) is 4.64. The molecule has 1 spiro atoms. The molecule has 2 heterocycles. The maximum atomic E-state index is 12.6. The van der Waals surface area contributed by atoms with Crippen LogP contribution in [0.25, 0.3) is 0 Å². The SMILES string of the molecule is C[C@]12CC[C@H](OC(=O)CCCCCCC(=O)O)C[C@@]1(O)CC[C@@H]1[C@@H]2CC[C@]2(C)[C@@H](c3ccc(=O)oc3)C[C@H]3O[C@]132. The Hall–Kier alpha value is -2.19. The summed E-state index contributed by atoms with van der Waals surface area (Å²) in [6.07, 6.45) is 11.8. The zero-order valence-corrected chi connectivity index (χ0v) is 23.9. The quantitative estimate of drug-likeness (QED) is 0.237. The van der Waals surface area contributed by atoms with Gasteiger partial charge < -0.3 is 24.1 Å². The van der Waals surface area contributed by atoms with Crippen molar-refractivity contribution in [2.75, 3.05) is 0 Å². The van der Waals surface area contributed by atoms with E-state index in [0.717, 1.165) is 56.9 Å². The van der Waals surface area contributed by atoms with Gasteiger partial charge in [0.25, 0.3) is 0 Å². The summed E-state index contributed by atoms with van der Waals surface area (Å²) in [7, 11) is 0. The molecule has 1 aromatic rings. The van der Waals surface area contributed by atoms with Crippen molar-refractivity contribution in [1.29, 1.82) is 0 Å². The van der Waals surface area contributed by atoms with Crippen LogP contribution in [0.3, 0.4) is 0 Å². The van der Waals surface area contributed by atoms with Gasteiger partial charge in [-0.15, -0.1) is 0 Å². The van der Waals surface area contributed by atoms with Crippen molar-refractivity contribution in [3.8, 4) is 0 Å². The van der Waals surface area contributed by atoms with Crippen LogP contribution in [0.2, 0.25) is 0 Å². The zero-order chi connectivity index (χ0) is 28.3. The third-order valence-electron chi connectivity index (χ3n) is 12.1. The molecular weight excluding hydrogens is 512 g/mol. The molecule has 40 heavy (non-hydrogen) atoms. The number of carboxylic acid groups (broad SMARTS) is 1. The molecule has 2 N–H and O–H groups in total. The lowest BCUT2D eigenvalue weighted by Crippen LogP contribution is -2.65. The van der Waals surface area contributed by atoms with Crippen molar-refractivity contribution in [1.82, 2.24) is 0 Å². The molecule has 0 bridgehead atoms. The number of carboxylic acids is 1. The van der Waals surface area contributed by atoms with Crippen molar-refractivity contribution < 1.29 is 33.7 Å². The molecule has 5 fully saturated rings. The number of ether oxygens (including phenoxy) is 2. The number of aliphatic carboxylic acids is 1. The Morgan fingerprint density at radius 2 is 1.70 bits per heavy atom. The normalized spacial score (nSPS) is 43.1. The summed E-state index contributed by atoms with van der Waals surface area (Å²) in [4.78, 5) is 34.8. The van der Waals surface area contributed by atoms with Gasteiger partial charge in [0.1, 0.15) is 11.7 Å². The van der Waals surface area contributed by atoms with Crippen LogP contribution in [0.4, 0.5) is 0 Å². The molecule has 4 saturated carbocycles. The first-order valence-electron chi connectivity index (χ1n) is 15.4. The van der Waals surface area contributed by atoms with Crippen LogP contribution < -0.4 is 5.63 Å². The third-order valence-corrected chi connectivity index (χ3v) is 12.1. The number of fused-ring (bicyclic) bond motifs is 3. The van der Waals surface area contributed by atoms with Crippen molar-refractivity contribution in [2.24, 2.45) is 22.7 Å². The number of esters is 1. The molecular formula is C32H44O8. The molecule has 1 aromatic heterocycles. The molecule has 0 amide bonds. The molecule has 8 heteroatoms. The van der Waals surface area contributed by atoms with Gasteiger partial charge >= 0.3 is 17.6 Å². The molecule has 1 aliphatic heterocycles. The van der Waals surface area contributed by atoms with Crippen molar-refractivity contribution in [3.63, 3.8) is 0 Å². The van der Waals surface area contributed by atoms with E-state index in [1.807, 2.05) is 6.07 Å². The molecule has 0 unspecified atom stereocenters. The number of hydrogen-bond acceptors (Lipinski definition) is 7. The van der Waals surface area contributed by atoms with Crippen LogP contribution in [0.1, 0.15) is 115 Å². The highest BCUT2D eigenvalue weighted by molar-refractivity contribution is 5.69. The summed E-state index contributed by atoms with van der Waals surface area (Å²) >= 11 is 0. The van der Waals surface area contributed by atoms with Gasteiger partial charge in [0, 0.05) is 30.7 Å². The zero-order valence-electron chi connectivity index (χ0n) is 23.9. The predicted octanol–water partition coefficient (Wildman–Crippen LogP) is 5.35. The van der Waals surface area contributed by atoms with Gasteiger partial charge in [0.2, 0.25) is 0 Å². The number of rotatable bonds is 9. The van der Waals surface area contributed by atoms with Gasteiger partial charge in [-0.05, 0) is 92.6 Å². The summed E-state index contributed by atoms with van der Waals surface area (Å²) in [6, 6.07) is 3.45. The summed E-state index contributed by atoms with van der Waals surface area (Å²) in [5, 5.41) is 20.9. The first kappa shape index (κ1) is 28.0. The van der Waals surface area contributed by atoms with Crippen molar-refractivity contribution >= 4 is 11.9 Å².